The summed E-state index contributed by atoms with van der Waals surface area (Å²) in [5.41, 5.74) is 0.445. The predicted octanol–water partition coefficient (Wildman–Crippen LogP) is 0.761. The minimum Gasteiger partial charge on any atom is -0.342 e. The van der Waals surface area contributed by atoms with Crippen molar-refractivity contribution in [2.24, 2.45) is 5.92 Å². The highest BCUT2D eigenvalue weighted by Crippen LogP contribution is 2.17. The summed E-state index contributed by atoms with van der Waals surface area (Å²) in [6.07, 6.45) is 3.57. The van der Waals surface area contributed by atoms with E-state index in [0.717, 1.165) is 12.8 Å². The third-order valence-electron chi connectivity index (χ3n) is 3.88. The van der Waals surface area contributed by atoms with E-state index in [9.17, 15) is 13.2 Å². The third kappa shape index (κ3) is 2.83. The second kappa shape index (κ2) is 5.68. The first kappa shape index (κ1) is 15.0. The molecule has 0 aliphatic carbocycles. The van der Waals surface area contributed by atoms with Crippen molar-refractivity contribution in [3.63, 3.8) is 0 Å². The minimum atomic E-state index is -3.81. The van der Waals surface area contributed by atoms with Crippen molar-refractivity contribution >= 4 is 21.4 Å². The number of aromatic nitrogens is 3. The number of amides is 1. The van der Waals surface area contributed by atoms with Crippen LogP contribution in [0.5, 0.6) is 0 Å². The number of piperidine rings is 1. The molecular formula is C14H18N4O3S. The molecule has 7 nitrogen and oxygen atoms in total. The van der Waals surface area contributed by atoms with Crippen molar-refractivity contribution < 1.29 is 13.2 Å². The molecule has 1 aliphatic heterocycles. The van der Waals surface area contributed by atoms with Gasteiger partial charge >= 0.3 is 0 Å². The monoisotopic (exact) mass is 322 g/mol. The van der Waals surface area contributed by atoms with Gasteiger partial charge in [0.05, 0.1) is 0 Å². The molecule has 3 heterocycles. The SMILES string of the molecule is CC1CCCN(C(=O)CS(=O)(=O)c2nnc3ccccn23)C1. The Bertz CT molecular complexity index is 799. The maximum atomic E-state index is 12.5. The number of rotatable bonds is 3. The van der Waals surface area contributed by atoms with E-state index < -0.39 is 15.6 Å². The van der Waals surface area contributed by atoms with E-state index in [1.54, 1.807) is 29.3 Å². The van der Waals surface area contributed by atoms with E-state index in [-0.39, 0.29) is 11.1 Å². The molecule has 0 spiro atoms. The van der Waals surface area contributed by atoms with E-state index in [4.69, 9.17) is 0 Å². The van der Waals surface area contributed by atoms with Crippen LogP contribution in [0.15, 0.2) is 29.6 Å². The van der Waals surface area contributed by atoms with Gasteiger partial charge in [-0.1, -0.05) is 13.0 Å². The number of likely N-dealkylation sites (tertiary alicyclic amines) is 1. The van der Waals surface area contributed by atoms with Gasteiger partial charge in [0, 0.05) is 19.3 Å². The Morgan fingerprint density at radius 3 is 2.95 bits per heavy atom. The fraction of sp³-hybridized carbons (Fsp3) is 0.500. The average molecular weight is 322 g/mol. The van der Waals surface area contributed by atoms with Gasteiger partial charge in [0.1, 0.15) is 5.75 Å². The van der Waals surface area contributed by atoms with Gasteiger partial charge in [-0.3, -0.25) is 9.20 Å². The zero-order valence-corrected chi connectivity index (χ0v) is 13.2. The van der Waals surface area contributed by atoms with Gasteiger partial charge in [-0.2, -0.15) is 0 Å². The van der Waals surface area contributed by atoms with Crippen molar-refractivity contribution in [1.82, 2.24) is 19.5 Å². The summed E-state index contributed by atoms with van der Waals surface area (Å²) >= 11 is 0. The minimum absolute atomic E-state index is 0.179. The van der Waals surface area contributed by atoms with Crippen LogP contribution in [0.4, 0.5) is 0 Å². The molecule has 2 aromatic heterocycles. The lowest BCUT2D eigenvalue weighted by Crippen LogP contribution is -2.42. The van der Waals surface area contributed by atoms with Gasteiger partial charge in [-0.25, -0.2) is 8.42 Å². The molecule has 0 saturated carbocycles. The van der Waals surface area contributed by atoms with Gasteiger partial charge in [0.25, 0.3) is 5.16 Å². The zero-order chi connectivity index (χ0) is 15.7. The van der Waals surface area contributed by atoms with Gasteiger partial charge in [0.2, 0.25) is 15.7 Å². The van der Waals surface area contributed by atoms with E-state index in [1.807, 2.05) is 0 Å². The average Bonchev–Trinajstić information content (AvgIpc) is 2.91. The van der Waals surface area contributed by atoms with Crippen LogP contribution in [-0.4, -0.2) is 52.7 Å². The summed E-state index contributed by atoms with van der Waals surface area (Å²) in [6.45, 7) is 3.31. The molecule has 0 aromatic carbocycles. The Kier molecular flexibility index (Phi) is 3.86. The quantitative estimate of drug-likeness (QED) is 0.833. The van der Waals surface area contributed by atoms with Gasteiger partial charge < -0.3 is 4.90 Å². The molecule has 1 amide bonds. The van der Waals surface area contributed by atoms with E-state index in [2.05, 4.69) is 17.1 Å². The maximum absolute atomic E-state index is 12.5. The summed E-state index contributed by atoms with van der Waals surface area (Å²) < 4.78 is 26.3. The Labute approximate surface area is 128 Å². The molecule has 118 valence electrons. The molecule has 8 heteroatoms. The fourth-order valence-electron chi connectivity index (χ4n) is 2.77. The summed E-state index contributed by atoms with van der Waals surface area (Å²) in [7, 11) is -3.81. The highest BCUT2D eigenvalue weighted by atomic mass is 32.2. The molecule has 1 aliphatic rings. The first-order valence-corrected chi connectivity index (χ1v) is 8.93. The molecule has 0 bridgehead atoms. The smallest absolute Gasteiger partial charge is 0.254 e. The molecule has 1 atom stereocenters. The fourth-order valence-corrected chi connectivity index (χ4v) is 4.02. The van der Waals surface area contributed by atoms with Gasteiger partial charge in [0.15, 0.2) is 5.65 Å². The number of carbonyl (C=O) groups excluding carboxylic acids is 1. The van der Waals surface area contributed by atoms with Crippen LogP contribution in [0.1, 0.15) is 19.8 Å². The largest absolute Gasteiger partial charge is 0.342 e. The molecule has 1 saturated heterocycles. The van der Waals surface area contributed by atoms with Crippen LogP contribution in [0.3, 0.4) is 0 Å². The van der Waals surface area contributed by atoms with Crippen molar-refractivity contribution in [3.05, 3.63) is 24.4 Å². The summed E-state index contributed by atoms with van der Waals surface area (Å²) in [6, 6.07) is 5.12. The maximum Gasteiger partial charge on any atom is 0.254 e. The number of nitrogens with zero attached hydrogens (tertiary/aromatic N) is 4. The topological polar surface area (TPSA) is 84.6 Å². The molecule has 3 rings (SSSR count). The normalized spacial score (nSPS) is 19.5. The predicted molar refractivity (Wildman–Crippen MR) is 80.0 cm³/mol. The van der Waals surface area contributed by atoms with Crippen LogP contribution in [0.2, 0.25) is 0 Å². The van der Waals surface area contributed by atoms with Crippen molar-refractivity contribution in [1.29, 1.82) is 0 Å². The molecule has 0 N–H and O–H groups in total. The molecule has 2 aromatic rings. The van der Waals surface area contributed by atoms with Crippen LogP contribution < -0.4 is 0 Å². The lowest BCUT2D eigenvalue weighted by atomic mass is 10.0. The van der Waals surface area contributed by atoms with Crippen LogP contribution >= 0.6 is 0 Å². The lowest BCUT2D eigenvalue weighted by molar-refractivity contribution is -0.130. The second-order valence-corrected chi connectivity index (χ2v) is 7.64. The Balaban J connectivity index is 1.83. The highest BCUT2D eigenvalue weighted by Gasteiger charge is 2.29. The summed E-state index contributed by atoms with van der Waals surface area (Å²) in [4.78, 5) is 13.9. The summed E-state index contributed by atoms with van der Waals surface area (Å²) in [5.74, 6) is -0.511. The van der Waals surface area contributed by atoms with Crippen LogP contribution in [-0.2, 0) is 14.6 Å². The van der Waals surface area contributed by atoms with Crippen molar-refractivity contribution in [2.45, 2.75) is 24.9 Å². The number of sulfone groups is 1. The third-order valence-corrected chi connectivity index (χ3v) is 5.35. The molecular weight excluding hydrogens is 304 g/mol. The Morgan fingerprint density at radius 2 is 2.18 bits per heavy atom. The Hall–Kier alpha value is -1.96. The second-order valence-electron chi connectivity index (χ2n) is 5.76. The molecule has 0 radical (unpaired) electrons. The van der Waals surface area contributed by atoms with E-state index in [0.29, 0.717) is 24.7 Å². The standard InChI is InChI=1S/C14H18N4O3S/c1-11-5-4-7-17(9-11)13(19)10-22(20,21)14-16-15-12-6-2-3-8-18(12)14/h2-3,6,8,11H,4-5,7,9-10H2,1H3. The molecule has 1 unspecified atom stereocenters. The first-order valence-electron chi connectivity index (χ1n) is 7.28. The number of pyridine rings is 1. The molecule has 22 heavy (non-hydrogen) atoms. The summed E-state index contributed by atoms with van der Waals surface area (Å²) in [5, 5.41) is 7.38. The number of carbonyl (C=O) groups is 1. The number of hydrogen-bond donors (Lipinski definition) is 0. The van der Waals surface area contributed by atoms with Crippen LogP contribution in [0.25, 0.3) is 5.65 Å². The Morgan fingerprint density at radius 1 is 1.36 bits per heavy atom. The van der Waals surface area contributed by atoms with Gasteiger partial charge in [-0.15, -0.1) is 10.2 Å². The van der Waals surface area contributed by atoms with Crippen molar-refractivity contribution in [2.75, 3.05) is 18.8 Å². The van der Waals surface area contributed by atoms with Crippen LogP contribution in [0, 0.1) is 5.92 Å². The molecule has 1 fully saturated rings. The number of hydrogen-bond acceptors (Lipinski definition) is 5. The zero-order valence-electron chi connectivity index (χ0n) is 12.3. The first-order chi connectivity index (χ1) is 10.5. The highest BCUT2D eigenvalue weighted by molar-refractivity contribution is 7.91. The lowest BCUT2D eigenvalue weighted by Gasteiger charge is -2.30. The number of fused-ring (bicyclic) bond motifs is 1. The van der Waals surface area contributed by atoms with Gasteiger partial charge in [-0.05, 0) is 30.9 Å². The van der Waals surface area contributed by atoms with E-state index in [1.165, 1.54) is 4.40 Å². The van der Waals surface area contributed by atoms with E-state index >= 15 is 0 Å². The van der Waals surface area contributed by atoms with Crippen molar-refractivity contribution in [3.8, 4) is 0 Å².